The number of nitrogens with zero attached hydrogens (tertiary/aromatic N) is 1. The molecule has 1 aliphatic carbocycles. The van der Waals surface area contributed by atoms with Crippen LogP contribution >= 0.6 is 11.3 Å². The highest BCUT2D eigenvalue weighted by Crippen LogP contribution is 2.42. The van der Waals surface area contributed by atoms with E-state index in [1.54, 1.807) is 6.07 Å². The summed E-state index contributed by atoms with van der Waals surface area (Å²) < 4.78 is 5.83. The van der Waals surface area contributed by atoms with Crippen molar-refractivity contribution in [3.63, 3.8) is 0 Å². The van der Waals surface area contributed by atoms with Crippen molar-refractivity contribution in [2.45, 2.75) is 46.2 Å². The first-order chi connectivity index (χ1) is 10.3. The van der Waals surface area contributed by atoms with Gasteiger partial charge in [-0.05, 0) is 30.4 Å². The minimum absolute atomic E-state index is 0.190. The number of hydrogen-bond donors (Lipinski definition) is 1. The molecule has 0 spiro atoms. The lowest BCUT2D eigenvalue weighted by Gasteiger charge is -2.34. The maximum absolute atomic E-state index is 10.8. The van der Waals surface area contributed by atoms with E-state index in [2.05, 4.69) is 25.2 Å². The van der Waals surface area contributed by atoms with Crippen LogP contribution in [-0.4, -0.2) is 4.92 Å². The summed E-state index contributed by atoms with van der Waals surface area (Å²) in [6.07, 6.45) is 1.99. The van der Waals surface area contributed by atoms with Crippen molar-refractivity contribution in [1.29, 1.82) is 0 Å². The second-order valence-corrected chi connectivity index (χ2v) is 7.65. The molecule has 0 aliphatic heterocycles. The van der Waals surface area contributed by atoms with Crippen LogP contribution in [0.1, 0.15) is 49.0 Å². The number of rotatable bonds is 4. The fourth-order valence-corrected chi connectivity index (χ4v) is 3.89. The average Bonchev–Trinajstić information content (AvgIpc) is 3.00. The molecule has 0 amide bonds. The highest BCUT2D eigenvalue weighted by Gasteiger charge is 2.34. The smallest absolute Gasteiger partial charge is 0.324 e. The molecule has 0 radical (unpaired) electrons. The Kier molecular flexibility index (Phi) is 3.82. The molecule has 0 fully saturated rings. The Morgan fingerprint density at radius 3 is 2.95 bits per heavy atom. The van der Waals surface area contributed by atoms with Crippen LogP contribution in [0.15, 0.2) is 21.9 Å². The second kappa shape index (κ2) is 5.52. The van der Waals surface area contributed by atoms with Gasteiger partial charge in [-0.15, -0.1) is 0 Å². The molecule has 0 saturated carbocycles. The predicted octanol–water partition coefficient (Wildman–Crippen LogP) is 4.36. The summed E-state index contributed by atoms with van der Waals surface area (Å²) in [5.41, 5.74) is 2.39. The molecule has 6 heteroatoms. The molecule has 1 N–H and O–H groups in total. The number of nitrogens with one attached hydrogen (secondary N) is 1. The molecule has 5 nitrogen and oxygen atoms in total. The van der Waals surface area contributed by atoms with E-state index in [1.165, 1.54) is 16.9 Å². The highest BCUT2D eigenvalue weighted by atomic mass is 32.1. The molecule has 3 rings (SSSR count). The van der Waals surface area contributed by atoms with E-state index in [1.807, 2.05) is 12.3 Å². The molecule has 2 aromatic heterocycles. The molecule has 1 unspecified atom stereocenters. The van der Waals surface area contributed by atoms with Crippen LogP contribution in [0.4, 0.5) is 5.00 Å². The van der Waals surface area contributed by atoms with Gasteiger partial charge in [0, 0.05) is 36.0 Å². The van der Waals surface area contributed by atoms with E-state index < -0.39 is 0 Å². The van der Waals surface area contributed by atoms with Gasteiger partial charge in [0.25, 0.3) is 0 Å². The van der Waals surface area contributed by atoms with Gasteiger partial charge in [0.05, 0.1) is 4.92 Å². The van der Waals surface area contributed by atoms with Gasteiger partial charge in [0.1, 0.15) is 11.5 Å². The summed E-state index contributed by atoms with van der Waals surface area (Å²) >= 11 is 1.18. The highest BCUT2D eigenvalue weighted by molar-refractivity contribution is 7.13. The minimum Gasteiger partial charge on any atom is -0.466 e. The Morgan fingerprint density at radius 1 is 1.50 bits per heavy atom. The molecular weight excluding hydrogens is 300 g/mol. The number of nitro groups is 1. The largest absolute Gasteiger partial charge is 0.466 e. The third-order valence-corrected chi connectivity index (χ3v) is 5.04. The van der Waals surface area contributed by atoms with Crippen molar-refractivity contribution in [1.82, 2.24) is 5.32 Å². The lowest BCUT2D eigenvalue weighted by molar-refractivity contribution is -0.380. The normalized spacial score (nSPS) is 19.9. The molecule has 1 aliphatic rings. The topological polar surface area (TPSA) is 68.3 Å². The quantitative estimate of drug-likeness (QED) is 0.671. The van der Waals surface area contributed by atoms with Gasteiger partial charge >= 0.3 is 5.00 Å². The Hall–Kier alpha value is -1.66. The van der Waals surface area contributed by atoms with Crippen LogP contribution in [0.5, 0.6) is 0 Å². The standard InChI is InChI=1S/C16H20N2O3S/c1-10-4-12-13(6-16(2,3)7-14(12)21-10)17-8-11-5-15(18(19)20)22-9-11/h4-5,9,13,17H,6-8H2,1-3H3. The van der Waals surface area contributed by atoms with Gasteiger partial charge in [-0.3, -0.25) is 10.1 Å². The van der Waals surface area contributed by atoms with Crippen LogP contribution in [0.25, 0.3) is 0 Å². The Morgan fingerprint density at radius 2 is 2.27 bits per heavy atom. The predicted molar refractivity (Wildman–Crippen MR) is 86.1 cm³/mol. The van der Waals surface area contributed by atoms with Crippen molar-refractivity contribution in [3.8, 4) is 0 Å². The van der Waals surface area contributed by atoms with E-state index in [9.17, 15) is 10.1 Å². The summed E-state index contributed by atoms with van der Waals surface area (Å²) in [4.78, 5) is 10.4. The number of hydrogen-bond acceptors (Lipinski definition) is 5. The zero-order valence-corrected chi connectivity index (χ0v) is 13.8. The molecule has 0 saturated heterocycles. The molecule has 2 aromatic rings. The van der Waals surface area contributed by atoms with Crippen LogP contribution in [-0.2, 0) is 13.0 Å². The van der Waals surface area contributed by atoms with Crippen molar-refractivity contribution >= 4 is 16.3 Å². The third kappa shape index (κ3) is 3.08. The summed E-state index contributed by atoms with van der Waals surface area (Å²) in [5, 5.41) is 16.3. The zero-order chi connectivity index (χ0) is 15.9. The van der Waals surface area contributed by atoms with E-state index >= 15 is 0 Å². The van der Waals surface area contributed by atoms with Gasteiger partial charge in [-0.1, -0.05) is 25.2 Å². The molecule has 2 heterocycles. The first-order valence-corrected chi connectivity index (χ1v) is 8.26. The summed E-state index contributed by atoms with van der Waals surface area (Å²) in [6.45, 7) is 7.11. The fraction of sp³-hybridized carbons (Fsp3) is 0.500. The fourth-order valence-electron chi connectivity index (χ4n) is 3.16. The number of thiophene rings is 1. The van der Waals surface area contributed by atoms with Crippen molar-refractivity contribution in [2.24, 2.45) is 5.41 Å². The van der Waals surface area contributed by atoms with E-state index in [0.29, 0.717) is 6.54 Å². The SMILES string of the molecule is Cc1cc2c(o1)CC(C)(C)CC2NCc1csc([N+](=O)[O-])c1. The number of fused-ring (bicyclic) bond motifs is 1. The van der Waals surface area contributed by atoms with Crippen molar-refractivity contribution in [2.75, 3.05) is 0 Å². The Bertz CT molecular complexity index is 702. The summed E-state index contributed by atoms with van der Waals surface area (Å²) in [5.74, 6) is 2.02. The summed E-state index contributed by atoms with van der Waals surface area (Å²) in [6, 6.07) is 3.99. The molecule has 118 valence electrons. The minimum atomic E-state index is -0.338. The second-order valence-electron chi connectivity index (χ2n) is 6.76. The first kappa shape index (κ1) is 15.2. The van der Waals surface area contributed by atoms with Gasteiger partial charge < -0.3 is 9.73 Å². The lowest BCUT2D eigenvalue weighted by Crippen LogP contribution is -2.32. The molecule has 22 heavy (non-hydrogen) atoms. The van der Waals surface area contributed by atoms with Gasteiger partial charge in [-0.25, -0.2) is 0 Å². The van der Waals surface area contributed by atoms with Crippen LogP contribution in [0.3, 0.4) is 0 Å². The summed E-state index contributed by atoms with van der Waals surface area (Å²) in [7, 11) is 0. The van der Waals surface area contributed by atoms with E-state index in [4.69, 9.17) is 4.42 Å². The van der Waals surface area contributed by atoms with E-state index in [-0.39, 0.29) is 21.4 Å². The van der Waals surface area contributed by atoms with E-state index in [0.717, 1.165) is 29.9 Å². The van der Waals surface area contributed by atoms with Gasteiger partial charge in [0.2, 0.25) is 0 Å². The van der Waals surface area contributed by atoms with Gasteiger partial charge in [-0.2, -0.15) is 0 Å². The Balaban J connectivity index is 1.75. The number of furan rings is 1. The Labute approximate surface area is 133 Å². The number of aryl methyl sites for hydroxylation is 1. The van der Waals surface area contributed by atoms with Crippen LogP contribution < -0.4 is 5.32 Å². The van der Waals surface area contributed by atoms with Crippen molar-refractivity contribution in [3.05, 3.63) is 50.3 Å². The maximum Gasteiger partial charge on any atom is 0.324 e. The molecule has 0 aromatic carbocycles. The van der Waals surface area contributed by atoms with Crippen LogP contribution in [0.2, 0.25) is 0 Å². The molecule has 0 bridgehead atoms. The average molecular weight is 320 g/mol. The lowest BCUT2D eigenvalue weighted by atomic mass is 9.74. The third-order valence-electron chi connectivity index (χ3n) is 4.11. The zero-order valence-electron chi connectivity index (χ0n) is 13.0. The molecule has 1 atom stereocenters. The van der Waals surface area contributed by atoms with Gasteiger partial charge in [0.15, 0.2) is 0 Å². The monoisotopic (exact) mass is 320 g/mol. The van der Waals surface area contributed by atoms with Crippen LogP contribution in [0, 0.1) is 22.5 Å². The van der Waals surface area contributed by atoms with Crippen molar-refractivity contribution < 1.29 is 9.34 Å². The first-order valence-electron chi connectivity index (χ1n) is 7.38. The maximum atomic E-state index is 10.8. The molecular formula is C16H20N2O3S.